The Kier molecular flexibility index (Phi) is 3.43. The summed E-state index contributed by atoms with van der Waals surface area (Å²) in [5, 5.41) is 9.02. The van der Waals surface area contributed by atoms with Crippen molar-refractivity contribution in [2.75, 3.05) is 29.5 Å². The van der Waals surface area contributed by atoms with Crippen LogP contribution in [0.5, 0.6) is 0 Å². The molecule has 1 saturated heterocycles. The van der Waals surface area contributed by atoms with Crippen LogP contribution >= 0.6 is 11.8 Å². The van der Waals surface area contributed by atoms with Crippen LogP contribution in [0.25, 0.3) is 0 Å². The molecule has 1 N–H and O–H groups in total. The smallest absolute Gasteiger partial charge is 0.225 e. The van der Waals surface area contributed by atoms with Crippen LogP contribution in [0.15, 0.2) is 6.20 Å². The molecule has 4 nitrogen and oxygen atoms in total. The molecule has 0 unspecified atom stereocenters. The number of hydrogen-bond donors (Lipinski definition) is 1. The second-order valence-corrected chi connectivity index (χ2v) is 4.76. The molecular weight excluding hydrogens is 210 g/mol. The third-order valence-corrected chi connectivity index (χ3v) is 3.48. The highest BCUT2D eigenvalue weighted by Crippen LogP contribution is 2.16. The molecule has 1 aliphatic heterocycles. The van der Waals surface area contributed by atoms with E-state index in [1.54, 1.807) is 6.20 Å². The minimum Gasteiger partial charge on any atom is -0.392 e. The predicted octanol–water partition coefficient (Wildman–Crippen LogP) is 0.831. The first kappa shape index (κ1) is 10.7. The summed E-state index contributed by atoms with van der Waals surface area (Å²) in [6, 6.07) is 0. The summed E-state index contributed by atoms with van der Waals surface area (Å²) in [7, 11) is 0. The molecule has 15 heavy (non-hydrogen) atoms. The van der Waals surface area contributed by atoms with E-state index in [1.807, 2.05) is 18.7 Å². The molecule has 0 atom stereocenters. The molecule has 0 saturated carbocycles. The quantitative estimate of drug-likeness (QED) is 0.808. The molecule has 2 heterocycles. The number of rotatable bonds is 2. The summed E-state index contributed by atoms with van der Waals surface area (Å²) < 4.78 is 0. The van der Waals surface area contributed by atoms with Gasteiger partial charge in [0.05, 0.1) is 6.61 Å². The van der Waals surface area contributed by atoms with Gasteiger partial charge in [-0.15, -0.1) is 0 Å². The van der Waals surface area contributed by atoms with Gasteiger partial charge < -0.3 is 10.0 Å². The highest BCUT2D eigenvalue weighted by atomic mass is 32.2. The Hall–Kier alpha value is -0.810. The van der Waals surface area contributed by atoms with Gasteiger partial charge in [-0.25, -0.2) is 9.97 Å². The monoisotopic (exact) mass is 225 g/mol. The topological polar surface area (TPSA) is 49.2 Å². The summed E-state index contributed by atoms with van der Waals surface area (Å²) >= 11 is 1.97. The molecule has 0 amide bonds. The van der Waals surface area contributed by atoms with E-state index in [-0.39, 0.29) is 6.61 Å². The molecule has 5 heteroatoms. The van der Waals surface area contributed by atoms with Crippen molar-refractivity contribution < 1.29 is 5.11 Å². The molecule has 2 rings (SSSR count). The number of nitrogens with zero attached hydrogens (tertiary/aromatic N) is 3. The van der Waals surface area contributed by atoms with E-state index in [2.05, 4.69) is 14.9 Å². The maximum Gasteiger partial charge on any atom is 0.225 e. The molecule has 1 fully saturated rings. The van der Waals surface area contributed by atoms with E-state index >= 15 is 0 Å². The number of aliphatic hydroxyl groups is 1. The Morgan fingerprint density at radius 2 is 2.20 bits per heavy atom. The highest BCUT2D eigenvalue weighted by molar-refractivity contribution is 7.99. The van der Waals surface area contributed by atoms with Crippen LogP contribution in [0, 0.1) is 6.92 Å². The SMILES string of the molecule is Cc1nc(N2CCSCC2)ncc1CO. The van der Waals surface area contributed by atoms with Crippen molar-refractivity contribution in [2.45, 2.75) is 13.5 Å². The van der Waals surface area contributed by atoms with Crippen molar-refractivity contribution >= 4 is 17.7 Å². The van der Waals surface area contributed by atoms with Crippen LogP contribution < -0.4 is 4.90 Å². The van der Waals surface area contributed by atoms with Crippen LogP contribution in [0.4, 0.5) is 5.95 Å². The molecule has 0 bridgehead atoms. The van der Waals surface area contributed by atoms with Crippen molar-refractivity contribution in [1.29, 1.82) is 0 Å². The van der Waals surface area contributed by atoms with E-state index in [0.717, 1.165) is 41.8 Å². The maximum absolute atomic E-state index is 9.02. The molecule has 0 spiro atoms. The third-order valence-electron chi connectivity index (χ3n) is 2.53. The van der Waals surface area contributed by atoms with Gasteiger partial charge in [-0.3, -0.25) is 0 Å². The molecule has 0 radical (unpaired) electrons. The number of anilines is 1. The van der Waals surface area contributed by atoms with E-state index in [0.29, 0.717) is 0 Å². The summed E-state index contributed by atoms with van der Waals surface area (Å²) in [5.41, 5.74) is 1.69. The van der Waals surface area contributed by atoms with Gasteiger partial charge in [-0.1, -0.05) is 0 Å². The molecule has 1 aromatic rings. The summed E-state index contributed by atoms with van der Waals surface area (Å²) in [6.45, 7) is 3.96. The fraction of sp³-hybridized carbons (Fsp3) is 0.600. The van der Waals surface area contributed by atoms with Crippen molar-refractivity contribution in [3.63, 3.8) is 0 Å². The van der Waals surface area contributed by atoms with Gasteiger partial charge in [0.2, 0.25) is 5.95 Å². The molecule has 1 aromatic heterocycles. The number of thioether (sulfide) groups is 1. The lowest BCUT2D eigenvalue weighted by Gasteiger charge is -2.26. The van der Waals surface area contributed by atoms with E-state index in [9.17, 15) is 0 Å². The maximum atomic E-state index is 9.02. The number of aryl methyl sites for hydroxylation is 1. The van der Waals surface area contributed by atoms with Gasteiger partial charge in [0, 0.05) is 42.0 Å². The molecule has 82 valence electrons. The zero-order chi connectivity index (χ0) is 10.7. The largest absolute Gasteiger partial charge is 0.392 e. The summed E-state index contributed by atoms with van der Waals surface area (Å²) in [6.07, 6.45) is 1.72. The zero-order valence-corrected chi connectivity index (χ0v) is 9.63. The van der Waals surface area contributed by atoms with E-state index in [4.69, 9.17) is 5.11 Å². The summed E-state index contributed by atoms with van der Waals surface area (Å²) in [5.74, 6) is 3.08. The van der Waals surface area contributed by atoms with Crippen molar-refractivity contribution in [3.05, 3.63) is 17.5 Å². The minimum absolute atomic E-state index is 0.0158. The number of aliphatic hydroxyl groups excluding tert-OH is 1. The van der Waals surface area contributed by atoms with Gasteiger partial charge >= 0.3 is 0 Å². The van der Waals surface area contributed by atoms with Crippen LogP contribution in [0.1, 0.15) is 11.3 Å². The van der Waals surface area contributed by atoms with Crippen molar-refractivity contribution in [3.8, 4) is 0 Å². The lowest BCUT2D eigenvalue weighted by Crippen LogP contribution is -2.34. The molecular formula is C10H15N3OS. The summed E-state index contributed by atoms with van der Waals surface area (Å²) in [4.78, 5) is 10.9. The molecule has 1 aliphatic rings. The Bertz CT molecular complexity index is 339. The standard InChI is InChI=1S/C10H15N3OS/c1-8-9(7-14)6-11-10(12-8)13-2-4-15-5-3-13/h6,14H,2-5,7H2,1H3. The molecule has 0 aliphatic carbocycles. The van der Waals surface area contributed by atoms with Gasteiger partial charge in [0.1, 0.15) is 0 Å². The van der Waals surface area contributed by atoms with Crippen LogP contribution in [0.2, 0.25) is 0 Å². The second kappa shape index (κ2) is 4.81. The normalized spacial score (nSPS) is 16.8. The van der Waals surface area contributed by atoms with Gasteiger partial charge in [0.25, 0.3) is 0 Å². The Morgan fingerprint density at radius 1 is 1.47 bits per heavy atom. The zero-order valence-electron chi connectivity index (χ0n) is 8.81. The van der Waals surface area contributed by atoms with Crippen LogP contribution in [0.3, 0.4) is 0 Å². The highest BCUT2D eigenvalue weighted by Gasteiger charge is 2.14. The predicted molar refractivity (Wildman–Crippen MR) is 62.2 cm³/mol. The van der Waals surface area contributed by atoms with Crippen molar-refractivity contribution in [1.82, 2.24) is 9.97 Å². The Morgan fingerprint density at radius 3 is 2.80 bits per heavy atom. The second-order valence-electron chi connectivity index (χ2n) is 3.54. The average Bonchev–Trinajstić information content (AvgIpc) is 2.30. The first-order valence-corrected chi connectivity index (χ1v) is 6.23. The van der Waals surface area contributed by atoms with Crippen molar-refractivity contribution in [2.24, 2.45) is 0 Å². The first-order chi connectivity index (χ1) is 7.31. The third kappa shape index (κ3) is 2.41. The fourth-order valence-electron chi connectivity index (χ4n) is 1.55. The van der Waals surface area contributed by atoms with Gasteiger partial charge in [-0.2, -0.15) is 11.8 Å². The van der Waals surface area contributed by atoms with Crippen LogP contribution in [-0.4, -0.2) is 39.7 Å². The fourth-order valence-corrected chi connectivity index (χ4v) is 2.45. The average molecular weight is 225 g/mol. The lowest BCUT2D eigenvalue weighted by atomic mass is 10.2. The van der Waals surface area contributed by atoms with Gasteiger partial charge in [-0.05, 0) is 6.92 Å². The van der Waals surface area contributed by atoms with E-state index < -0.39 is 0 Å². The van der Waals surface area contributed by atoms with Gasteiger partial charge in [0.15, 0.2) is 0 Å². The number of aromatic nitrogens is 2. The molecule has 0 aromatic carbocycles. The van der Waals surface area contributed by atoms with E-state index in [1.165, 1.54) is 0 Å². The Balaban J connectivity index is 2.17. The Labute approximate surface area is 93.7 Å². The number of hydrogen-bond acceptors (Lipinski definition) is 5. The lowest BCUT2D eigenvalue weighted by molar-refractivity contribution is 0.280. The first-order valence-electron chi connectivity index (χ1n) is 5.07. The van der Waals surface area contributed by atoms with Crippen LogP contribution in [-0.2, 0) is 6.61 Å². The minimum atomic E-state index is 0.0158.